The van der Waals surface area contributed by atoms with Gasteiger partial charge < -0.3 is 19.2 Å². The Morgan fingerprint density at radius 2 is 2.15 bits per heavy atom. The summed E-state index contributed by atoms with van der Waals surface area (Å²) in [4.78, 5) is 26.7. The van der Waals surface area contributed by atoms with Gasteiger partial charge in [-0.3, -0.25) is 4.79 Å². The van der Waals surface area contributed by atoms with Gasteiger partial charge >= 0.3 is 5.97 Å². The van der Waals surface area contributed by atoms with Crippen LogP contribution in [-0.4, -0.2) is 29.0 Å². The normalized spacial score (nSPS) is 15.9. The molecule has 1 aromatic heterocycles. The molecule has 0 atom stereocenters. The zero-order chi connectivity index (χ0) is 18.8. The van der Waals surface area contributed by atoms with Crippen LogP contribution in [0.1, 0.15) is 18.2 Å². The van der Waals surface area contributed by atoms with Gasteiger partial charge in [-0.15, -0.1) is 0 Å². The van der Waals surface area contributed by atoms with E-state index in [2.05, 4.69) is 15.9 Å². The number of carbonyl (C=O) groups is 2. The number of ether oxygens (including phenoxy) is 1. The zero-order valence-corrected chi connectivity index (χ0v) is 15.7. The Bertz CT molecular complexity index is 927. The summed E-state index contributed by atoms with van der Waals surface area (Å²) in [7, 11) is 1.26. The van der Waals surface area contributed by atoms with Crippen molar-refractivity contribution >= 4 is 33.9 Å². The Hall–Kier alpha value is -2.80. The average Bonchev–Trinajstić information content (AvgIpc) is 3.21. The number of hydrogen-bond acceptors (Lipinski definition) is 5. The molecule has 0 fully saturated rings. The number of esters is 1. The maximum absolute atomic E-state index is 12.9. The summed E-state index contributed by atoms with van der Waals surface area (Å²) >= 11 is 3.33. The van der Waals surface area contributed by atoms with Crippen molar-refractivity contribution in [3.05, 3.63) is 69.2 Å². The lowest BCUT2D eigenvalue weighted by molar-refractivity contribution is -0.136. The first kappa shape index (κ1) is 18.0. The van der Waals surface area contributed by atoms with E-state index in [1.54, 1.807) is 31.2 Å². The molecule has 7 heteroatoms. The fourth-order valence-corrected chi connectivity index (χ4v) is 3.15. The summed E-state index contributed by atoms with van der Waals surface area (Å²) < 4.78 is 10.9. The lowest BCUT2D eigenvalue weighted by Crippen LogP contribution is -2.24. The molecule has 2 heterocycles. The largest absolute Gasteiger partial charge is 0.507 e. The zero-order valence-electron chi connectivity index (χ0n) is 14.2. The Morgan fingerprint density at radius 3 is 2.81 bits per heavy atom. The summed E-state index contributed by atoms with van der Waals surface area (Å²) in [5.41, 5.74) is 1.22. The highest BCUT2D eigenvalue weighted by molar-refractivity contribution is 9.10. The van der Waals surface area contributed by atoms with Crippen molar-refractivity contribution in [2.45, 2.75) is 13.5 Å². The fourth-order valence-electron chi connectivity index (χ4n) is 2.77. The van der Waals surface area contributed by atoms with Crippen LogP contribution < -0.4 is 0 Å². The Labute approximate surface area is 158 Å². The van der Waals surface area contributed by atoms with E-state index in [1.807, 2.05) is 0 Å². The molecule has 0 saturated heterocycles. The molecule has 1 aliphatic heterocycles. The van der Waals surface area contributed by atoms with Crippen LogP contribution in [0.3, 0.4) is 0 Å². The van der Waals surface area contributed by atoms with Crippen LogP contribution in [0.5, 0.6) is 5.75 Å². The number of allylic oxidation sites excluding steroid dienone is 1. The van der Waals surface area contributed by atoms with Crippen molar-refractivity contribution in [1.82, 2.24) is 4.90 Å². The number of carbonyl (C=O) groups excluding carboxylic acids is 2. The van der Waals surface area contributed by atoms with Gasteiger partial charge in [0.05, 0.1) is 31.1 Å². The molecular formula is C19H16BrNO5. The second-order valence-corrected chi connectivity index (χ2v) is 6.60. The highest BCUT2D eigenvalue weighted by atomic mass is 79.9. The number of methoxy groups -OCH3 is 1. The monoisotopic (exact) mass is 417 g/mol. The highest BCUT2D eigenvalue weighted by Crippen LogP contribution is 2.34. The quantitative estimate of drug-likeness (QED) is 0.606. The van der Waals surface area contributed by atoms with E-state index in [-0.39, 0.29) is 29.3 Å². The topological polar surface area (TPSA) is 80.0 Å². The number of hydrogen-bond donors (Lipinski definition) is 1. The average molecular weight is 418 g/mol. The molecule has 3 rings (SSSR count). The summed E-state index contributed by atoms with van der Waals surface area (Å²) in [6, 6.07) is 8.33. The molecular weight excluding hydrogens is 402 g/mol. The number of amides is 1. The number of furan rings is 1. The van der Waals surface area contributed by atoms with Gasteiger partial charge in [-0.2, -0.15) is 0 Å². The first-order chi connectivity index (χ1) is 12.4. The van der Waals surface area contributed by atoms with E-state index in [1.165, 1.54) is 30.4 Å². The molecule has 0 bridgehead atoms. The van der Waals surface area contributed by atoms with Crippen LogP contribution in [0.2, 0.25) is 0 Å². The van der Waals surface area contributed by atoms with Crippen LogP contribution in [-0.2, 0) is 20.9 Å². The second kappa shape index (κ2) is 7.21. The highest BCUT2D eigenvalue weighted by Gasteiger charge is 2.37. The summed E-state index contributed by atoms with van der Waals surface area (Å²) in [6.07, 6.45) is 3.01. The smallest absolute Gasteiger partial charge is 0.340 e. The van der Waals surface area contributed by atoms with Crippen LogP contribution in [0.4, 0.5) is 0 Å². The molecule has 1 amide bonds. The van der Waals surface area contributed by atoms with Gasteiger partial charge in [0, 0.05) is 15.7 Å². The maximum atomic E-state index is 12.9. The van der Waals surface area contributed by atoms with Gasteiger partial charge in [0.25, 0.3) is 5.91 Å². The molecule has 1 aliphatic rings. The third kappa shape index (κ3) is 3.30. The minimum absolute atomic E-state index is 0.000136. The lowest BCUT2D eigenvalue weighted by atomic mass is 10.0. The molecule has 26 heavy (non-hydrogen) atoms. The molecule has 0 spiro atoms. The van der Waals surface area contributed by atoms with Gasteiger partial charge in [0.15, 0.2) is 0 Å². The van der Waals surface area contributed by atoms with Crippen LogP contribution in [0.25, 0.3) is 6.08 Å². The lowest BCUT2D eigenvalue weighted by Gasteiger charge is -2.16. The Morgan fingerprint density at radius 1 is 1.38 bits per heavy atom. The molecule has 1 N–H and O–H groups in total. The minimum Gasteiger partial charge on any atom is -0.507 e. The molecule has 2 aromatic rings. The second-order valence-electron chi connectivity index (χ2n) is 5.68. The third-order valence-electron chi connectivity index (χ3n) is 4.08. The first-order valence-corrected chi connectivity index (χ1v) is 8.55. The standard InChI is InChI=1S/C19H16BrNO5/c1-11-17(19(24)25-2)15(9-12-8-13(20)5-6-16(12)22)18(23)21(11)10-14-4-3-7-26-14/h3-9,22H,10H2,1-2H3/b15-9-. The first-order valence-electron chi connectivity index (χ1n) is 7.76. The van der Waals surface area contributed by atoms with Crippen LogP contribution in [0.15, 0.2) is 62.3 Å². The van der Waals surface area contributed by atoms with E-state index >= 15 is 0 Å². The van der Waals surface area contributed by atoms with Crippen molar-refractivity contribution in [1.29, 1.82) is 0 Å². The summed E-state index contributed by atoms with van der Waals surface area (Å²) in [5.74, 6) is -0.384. The Balaban J connectivity index is 2.08. The predicted molar refractivity (Wildman–Crippen MR) is 97.8 cm³/mol. The van der Waals surface area contributed by atoms with Crippen molar-refractivity contribution in [3.8, 4) is 5.75 Å². The van der Waals surface area contributed by atoms with Crippen molar-refractivity contribution in [3.63, 3.8) is 0 Å². The minimum atomic E-state index is -0.612. The third-order valence-corrected chi connectivity index (χ3v) is 4.58. The van der Waals surface area contributed by atoms with Crippen molar-refractivity contribution < 1.29 is 23.8 Å². The molecule has 134 valence electrons. The predicted octanol–water partition coefficient (Wildman–Crippen LogP) is 3.62. The number of benzene rings is 1. The number of phenolic OH excluding ortho intramolecular Hbond substituents is 1. The molecule has 1 aromatic carbocycles. The number of aromatic hydroxyl groups is 1. The van der Waals surface area contributed by atoms with Crippen LogP contribution >= 0.6 is 15.9 Å². The molecule has 0 unspecified atom stereocenters. The number of phenols is 1. The summed E-state index contributed by atoms with van der Waals surface area (Å²) in [5, 5.41) is 10.1. The van der Waals surface area contributed by atoms with Gasteiger partial charge in [-0.1, -0.05) is 15.9 Å². The summed E-state index contributed by atoms with van der Waals surface area (Å²) in [6.45, 7) is 1.87. The van der Waals surface area contributed by atoms with Gasteiger partial charge in [0.2, 0.25) is 0 Å². The van der Waals surface area contributed by atoms with Gasteiger partial charge in [-0.25, -0.2) is 4.79 Å². The van der Waals surface area contributed by atoms with E-state index in [0.29, 0.717) is 17.0 Å². The number of nitrogens with zero attached hydrogens (tertiary/aromatic N) is 1. The molecule has 6 nitrogen and oxygen atoms in total. The van der Waals surface area contributed by atoms with Gasteiger partial charge in [0.1, 0.15) is 11.5 Å². The molecule has 0 aliphatic carbocycles. The van der Waals surface area contributed by atoms with E-state index in [9.17, 15) is 14.7 Å². The number of rotatable bonds is 4. The van der Waals surface area contributed by atoms with Crippen molar-refractivity contribution in [2.75, 3.05) is 7.11 Å². The number of halogens is 1. The van der Waals surface area contributed by atoms with Crippen LogP contribution in [0, 0.1) is 0 Å². The molecule has 0 saturated carbocycles. The van der Waals surface area contributed by atoms with E-state index in [4.69, 9.17) is 9.15 Å². The fraction of sp³-hybridized carbons (Fsp3) is 0.158. The Kier molecular flexibility index (Phi) is 4.99. The molecule has 0 radical (unpaired) electrons. The van der Waals surface area contributed by atoms with E-state index < -0.39 is 5.97 Å². The SMILES string of the molecule is COC(=O)C1=C(C)N(Cc2ccco2)C(=O)/C1=C\c1cc(Br)ccc1O. The van der Waals surface area contributed by atoms with Gasteiger partial charge in [-0.05, 0) is 43.3 Å². The van der Waals surface area contributed by atoms with E-state index in [0.717, 1.165) is 4.47 Å². The van der Waals surface area contributed by atoms with Crippen molar-refractivity contribution in [2.24, 2.45) is 0 Å². The maximum Gasteiger partial charge on any atom is 0.340 e.